The molecular weight excluding hydrogens is 1280 g/mol. The summed E-state index contributed by atoms with van der Waals surface area (Å²) in [6.07, 6.45) is 6.14. The highest BCUT2D eigenvalue weighted by Gasteiger charge is 2.48. The fourth-order valence-corrected chi connectivity index (χ4v) is 13.1. The first-order chi connectivity index (χ1) is 45.1. The van der Waals surface area contributed by atoms with E-state index in [0.717, 1.165) is 0 Å². The molecule has 19 nitrogen and oxygen atoms in total. The van der Waals surface area contributed by atoms with Crippen LogP contribution in [-0.4, -0.2) is 191 Å². The van der Waals surface area contributed by atoms with Gasteiger partial charge in [0.25, 0.3) is 0 Å². The molecule has 0 radical (unpaired) electrons. The summed E-state index contributed by atoms with van der Waals surface area (Å²) in [7, 11) is 0. The van der Waals surface area contributed by atoms with Crippen LogP contribution >= 0.6 is 0 Å². The van der Waals surface area contributed by atoms with E-state index in [-0.39, 0.29) is 100 Å². The summed E-state index contributed by atoms with van der Waals surface area (Å²) >= 11 is 0. The lowest BCUT2D eigenvalue weighted by atomic mass is 9.86. The number of carbonyl (C=O) groups is 6. The third-order valence-corrected chi connectivity index (χ3v) is 18.2. The number of ether oxygens (including phenoxy) is 13. The van der Waals surface area contributed by atoms with Crippen molar-refractivity contribution in [3.8, 4) is 0 Å². The maximum atomic E-state index is 14.0. The van der Waals surface area contributed by atoms with Crippen molar-refractivity contribution in [2.24, 2.45) is 10.8 Å². The maximum absolute atomic E-state index is 14.0. The molecule has 0 spiro atoms. The molecule has 0 aromatic carbocycles. The zero-order valence-electron chi connectivity index (χ0n) is 67.5. The van der Waals surface area contributed by atoms with Crippen molar-refractivity contribution in [2.45, 2.75) is 343 Å². The van der Waals surface area contributed by atoms with E-state index in [2.05, 4.69) is 39.5 Å². The van der Waals surface area contributed by atoms with Gasteiger partial charge in [-0.2, -0.15) is 0 Å². The molecule has 576 valence electrons. The van der Waals surface area contributed by atoms with Gasteiger partial charge in [0.05, 0.1) is 134 Å². The normalized spacial score (nSPS) is 22.3. The molecule has 1 aliphatic rings. The molecule has 8 atom stereocenters. The molecule has 0 amide bonds. The van der Waals surface area contributed by atoms with Crippen molar-refractivity contribution in [1.29, 1.82) is 0 Å². The third-order valence-electron chi connectivity index (χ3n) is 18.2. The summed E-state index contributed by atoms with van der Waals surface area (Å²) < 4.78 is 89.4. The van der Waals surface area contributed by atoms with Crippen LogP contribution in [0.15, 0.2) is 75.9 Å². The molecule has 0 aromatic rings. The van der Waals surface area contributed by atoms with Crippen LogP contribution in [0, 0.1) is 10.8 Å². The number of ketones is 6. The fraction of sp³-hybridized carbons (Fsp3) is 0.778. The van der Waals surface area contributed by atoms with E-state index in [1.165, 1.54) is 36.5 Å². The molecule has 8 unspecified atom stereocenters. The monoisotopic (exact) mass is 1410 g/mol. The van der Waals surface area contributed by atoms with E-state index in [9.17, 15) is 28.8 Å². The molecule has 0 saturated carbocycles. The zero-order chi connectivity index (χ0) is 78.0. The molecule has 19 heteroatoms. The second kappa shape index (κ2) is 37.3. The predicted molar refractivity (Wildman–Crippen MR) is 396 cm³/mol. The minimum absolute atomic E-state index is 0.00712. The molecule has 1 fully saturated rings. The quantitative estimate of drug-likeness (QED) is 0.0517. The van der Waals surface area contributed by atoms with Crippen molar-refractivity contribution in [2.75, 3.05) is 52.9 Å². The van der Waals surface area contributed by atoms with Crippen LogP contribution in [0.5, 0.6) is 0 Å². The van der Waals surface area contributed by atoms with E-state index in [1.807, 2.05) is 118 Å². The van der Waals surface area contributed by atoms with Gasteiger partial charge in [0.2, 0.25) is 0 Å². The van der Waals surface area contributed by atoms with Crippen molar-refractivity contribution in [3.63, 3.8) is 0 Å². The second-order valence-corrected chi connectivity index (χ2v) is 34.8. The number of hydrogen-bond donors (Lipinski definition) is 0. The van der Waals surface area contributed by atoms with Gasteiger partial charge in [-0.1, -0.05) is 39.5 Å². The van der Waals surface area contributed by atoms with Crippen LogP contribution in [0.4, 0.5) is 0 Å². The van der Waals surface area contributed by atoms with Gasteiger partial charge in [0.15, 0.2) is 34.7 Å². The van der Waals surface area contributed by atoms with Crippen molar-refractivity contribution in [3.05, 3.63) is 75.9 Å². The van der Waals surface area contributed by atoms with Crippen LogP contribution in [0.1, 0.15) is 239 Å². The maximum Gasteiger partial charge on any atom is 0.186 e. The lowest BCUT2D eigenvalue weighted by Gasteiger charge is -2.45. The van der Waals surface area contributed by atoms with Crippen molar-refractivity contribution in [1.82, 2.24) is 0 Å². The van der Waals surface area contributed by atoms with Gasteiger partial charge in [-0.3, -0.25) is 28.8 Å². The summed E-state index contributed by atoms with van der Waals surface area (Å²) in [5.41, 5.74) is -15.4. The van der Waals surface area contributed by atoms with E-state index in [0.29, 0.717) is 32.1 Å². The Balaban J connectivity index is 4.64. The average molecular weight is 1420 g/mol. The Labute approximate surface area is 604 Å². The van der Waals surface area contributed by atoms with Gasteiger partial charge in [-0.25, -0.2) is 0 Å². The van der Waals surface area contributed by atoms with Crippen molar-refractivity contribution < 1.29 is 90.3 Å². The number of rotatable bonds is 46. The van der Waals surface area contributed by atoms with Gasteiger partial charge >= 0.3 is 0 Å². The highest BCUT2D eigenvalue weighted by Crippen LogP contribution is 2.40. The molecule has 100 heavy (non-hydrogen) atoms. The lowest BCUT2D eigenvalue weighted by Crippen LogP contribution is -2.52. The summed E-state index contributed by atoms with van der Waals surface area (Å²) in [4.78, 5) is 79.5. The number of carbonyl (C=O) groups excluding carboxylic acids is 6. The van der Waals surface area contributed by atoms with Gasteiger partial charge in [0, 0.05) is 44.9 Å². The zero-order valence-corrected chi connectivity index (χ0v) is 67.5. The molecule has 1 aliphatic heterocycles. The van der Waals surface area contributed by atoms with E-state index < -0.39 is 115 Å². The molecule has 0 aromatic heterocycles. The standard InChI is InChI=1S/C81H138O19/c1-35-62(82)74(24,25)95-56(7)41-68(12,13)89-50-80(51-90-69(14,15)42-57(8)96-75(26,27)63(83)36-2,52-91-70(16,17)43-58(9)97-76(28,29)64(84)37-3)48-88-49-81(53-92-71(18,19)44-59(10)98-77(30,31)65(85)38-4)54-93-72(20,21)45-60(11)99-79(34,67(87)40-6)47-61(46-73(22,23)94-55-81)100-78(32,33)66(86)39-5/h35-40,56-61H,1-6,41-55H2,7-34H3. The topological polar surface area (TPSA) is 222 Å². The van der Waals surface area contributed by atoms with Crippen LogP contribution in [-0.2, 0) is 90.3 Å². The molecular formula is C81H138O19. The minimum Gasteiger partial charge on any atom is -0.380 e. The SMILES string of the molecule is C=CC(=O)C(C)(C)OC(C)CC(C)(C)OCC(COCC1(COC(C)(C)CC(C)OC(C)(C)C(=O)C=C)COC(C)(C)CC(C)OC(C)(C(=O)C=C)CC(OC(C)(C)C(=O)C=C)CC(C)(C)OC1)(COC(C)(C)CC(C)OC(C)(C)C(=O)C=C)COC(C)(C)CC(C)OC(C)(C)C(=O)C=C. The predicted octanol–water partition coefficient (Wildman–Crippen LogP) is 15.1. The summed E-state index contributed by atoms with van der Waals surface area (Å²) in [5.74, 6) is -1.77. The van der Waals surface area contributed by atoms with Gasteiger partial charge in [-0.15, -0.1) is 0 Å². The van der Waals surface area contributed by atoms with Crippen molar-refractivity contribution >= 4 is 34.7 Å². The molecule has 1 heterocycles. The Hall–Kier alpha value is -4.06. The summed E-state index contributed by atoms with van der Waals surface area (Å²) in [5, 5.41) is 0. The average Bonchev–Trinajstić information content (AvgIpc) is 0.806. The summed E-state index contributed by atoms with van der Waals surface area (Å²) in [6, 6.07) is 0. The fourth-order valence-electron chi connectivity index (χ4n) is 13.1. The molecule has 1 rings (SSSR count). The first kappa shape index (κ1) is 94.0. The highest BCUT2D eigenvalue weighted by atomic mass is 16.6. The van der Waals surface area contributed by atoms with E-state index in [1.54, 1.807) is 76.2 Å². The van der Waals surface area contributed by atoms with Crippen LogP contribution in [0.3, 0.4) is 0 Å². The largest absolute Gasteiger partial charge is 0.380 e. The third kappa shape index (κ3) is 32.1. The molecule has 1 saturated heterocycles. The van der Waals surface area contributed by atoms with Crippen LogP contribution < -0.4 is 0 Å². The number of hydrogen-bond acceptors (Lipinski definition) is 19. The van der Waals surface area contributed by atoms with Crippen LogP contribution in [0.2, 0.25) is 0 Å². The van der Waals surface area contributed by atoms with E-state index >= 15 is 0 Å². The van der Waals surface area contributed by atoms with Crippen LogP contribution in [0.25, 0.3) is 0 Å². The molecule has 0 aliphatic carbocycles. The Morgan fingerprint density at radius 2 is 0.720 bits per heavy atom. The minimum atomic E-state index is -1.44. The van der Waals surface area contributed by atoms with E-state index in [4.69, 9.17) is 61.6 Å². The second-order valence-electron chi connectivity index (χ2n) is 34.8. The Kier molecular flexibility index (Phi) is 35.0. The first-order valence-electron chi connectivity index (χ1n) is 35.6. The summed E-state index contributed by atoms with van der Waals surface area (Å²) in [6.45, 7) is 73.7. The Bertz CT molecular complexity index is 2620. The van der Waals surface area contributed by atoms with Gasteiger partial charge in [0.1, 0.15) is 33.6 Å². The molecule has 0 N–H and O–H groups in total. The Morgan fingerprint density at radius 1 is 0.420 bits per heavy atom. The smallest absolute Gasteiger partial charge is 0.186 e. The first-order valence-corrected chi connectivity index (χ1v) is 35.6. The van der Waals surface area contributed by atoms with Gasteiger partial charge in [-0.05, 0) is 230 Å². The lowest BCUT2D eigenvalue weighted by molar-refractivity contribution is -0.215. The van der Waals surface area contributed by atoms with Gasteiger partial charge < -0.3 is 61.6 Å². The molecule has 0 bridgehead atoms. The highest BCUT2D eigenvalue weighted by molar-refractivity contribution is 5.98. The Morgan fingerprint density at radius 3 is 1.03 bits per heavy atom.